The molecule has 5 heteroatoms. The lowest BCUT2D eigenvalue weighted by Crippen LogP contribution is -2.14. The Morgan fingerprint density at radius 1 is 0.957 bits per heavy atom. The van der Waals surface area contributed by atoms with Gasteiger partial charge in [-0.2, -0.15) is 0 Å². The van der Waals surface area contributed by atoms with E-state index in [1.54, 1.807) is 48.5 Å². The van der Waals surface area contributed by atoms with E-state index < -0.39 is 11.9 Å². The van der Waals surface area contributed by atoms with Crippen LogP contribution in [0.5, 0.6) is 0 Å². The molecule has 0 aliphatic rings. The van der Waals surface area contributed by atoms with E-state index >= 15 is 0 Å². The molecular weight excluding hydrogens is 316 g/mol. The highest BCUT2D eigenvalue weighted by Gasteiger charge is 2.18. The van der Waals surface area contributed by atoms with E-state index in [-0.39, 0.29) is 17.7 Å². The van der Waals surface area contributed by atoms with E-state index in [9.17, 15) is 9.59 Å². The fourth-order valence-corrected chi connectivity index (χ4v) is 2.18. The zero-order chi connectivity index (χ0) is 16.7. The van der Waals surface area contributed by atoms with Crippen LogP contribution in [-0.2, 0) is 16.1 Å². The van der Waals surface area contributed by atoms with Gasteiger partial charge in [-0.05, 0) is 36.2 Å². The molecule has 0 saturated carbocycles. The Morgan fingerprint density at radius 2 is 1.61 bits per heavy atom. The fourth-order valence-electron chi connectivity index (χ4n) is 1.97. The van der Waals surface area contributed by atoms with Gasteiger partial charge in [0, 0.05) is 5.02 Å². The summed E-state index contributed by atoms with van der Waals surface area (Å²) >= 11 is 5.89. The molecule has 0 aliphatic heterocycles. The van der Waals surface area contributed by atoms with Crippen molar-refractivity contribution in [2.45, 2.75) is 20.0 Å². The molecule has 0 bridgehead atoms. The second-order valence-electron chi connectivity index (χ2n) is 4.89. The minimum atomic E-state index is -0.575. The van der Waals surface area contributed by atoms with Gasteiger partial charge in [0.1, 0.15) is 6.61 Å². The van der Waals surface area contributed by atoms with Crippen LogP contribution in [0, 0.1) is 0 Å². The Hall–Kier alpha value is -2.33. The van der Waals surface area contributed by atoms with E-state index in [1.807, 2.05) is 6.92 Å². The van der Waals surface area contributed by atoms with Gasteiger partial charge in [-0.1, -0.05) is 42.8 Å². The van der Waals surface area contributed by atoms with Crippen molar-refractivity contribution in [3.8, 4) is 0 Å². The minimum absolute atomic E-state index is 0.0811. The van der Waals surface area contributed by atoms with Crippen LogP contribution in [0.4, 0.5) is 0 Å². The summed E-state index contributed by atoms with van der Waals surface area (Å²) in [7, 11) is 0. The van der Waals surface area contributed by atoms with E-state index in [0.717, 1.165) is 5.56 Å². The molecule has 0 atom stereocenters. The number of benzene rings is 2. The van der Waals surface area contributed by atoms with Crippen molar-refractivity contribution in [1.82, 2.24) is 0 Å². The number of ether oxygens (including phenoxy) is 2. The van der Waals surface area contributed by atoms with Crippen LogP contribution in [0.1, 0.15) is 39.6 Å². The molecule has 0 aromatic heterocycles. The second kappa shape index (κ2) is 8.34. The first-order chi connectivity index (χ1) is 11.1. The Balaban J connectivity index is 2.08. The van der Waals surface area contributed by atoms with Gasteiger partial charge in [0.25, 0.3) is 0 Å². The summed E-state index contributed by atoms with van der Waals surface area (Å²) in [5, 5.41) is 0.571. The highest BCUT2D eigenvalue weighted by Crippen LogP contribution is 2.15. The number of esters is 2. The molecule has 0 aliphatic carbocycles. The van der Waals surface area contributed by atoms with Crippen molar-refractivity contribution in [1.29, 1.82) is 0 Å². The van der Waals surface area contributed by atoms with Crippen LogP contribution >= 0.6 is 11.6 Å². The van der Waals surface area contributed by atoms with Crippen LogP contribution in [0.15, 0.2) is 48.5 Å². The summed E-state index contributed by atoms with van der Waals surface area (Å²) in [4.78, 5) is 24.2. The summed E-state index contributed by atoms with van der Waals surface area (Å²) in [5.41, 5.74) is 1.17. The van der Waals surface area contributed by atoms with Gasteiger partial charge in [-0.3, -0.25) is 0 Å². The normalized spacial score (nSPS) is 10.2. The lowest BCUT2D eigenvalue weighted by atomic mass is 10.1. The lowest BCUT2D eigenvalue weighted by molar-refractivity contribution is 0.0439. The third kappa shape index (κ3) is 4.83. The third-order valence-corrected chi connectivity index (χ3v) is 3.30. The minimum Gasteiger partial charge on any atom is -0.462 e. The molecule has 0 heterocycles. The number of hydrogen-bond donors (Lipinski definition) is 0. The molecule has 0 unspecified atom stereocenters. The van der Waals surface area contributed by atoms with Crippen molar-refractivity contribution in [3.05, 3.63) is 70.2 Å². The van der Waals surface area contributed by atoms with Gasteiger partial charge < -0.3 is 9.47 Å². The standard InChI is InChI=1S/C18H17ClO4/c1-2-10-22-17(20)15-8-3-4-9-16(15)18(21)23-12-13-6-5-7-14(19)11-13/h3-9,11H,2,10,12H2,1H3. The molecule has 120 valence electrons. The van der Waals surface area contributed by atoms with Crippen LogP contribution in [0.25, 0.3) is 0 Å². The maximum atomic E-state index is 12.2. The molecule has 2 rings (SSSR count). The van der Waals surface area contributed by atoms with E-state index in [4.69, 9.17) is 21.1 Å². The maximum Gasteiger partial charge on any atom is 0.339 e. The molecular formula is C18H17ClO4. The highest BCUT2D eigenvalue weighted by molar-refractivity contribution is 6.30. The molecule has 2 aromatic carbocycles. The first kappa shape index (κ1) is 17.0. The number of rotatable bonds is 6. The predicted molar refractivity (Wildman–Crippen MR) is 87.6 cm³/mol. The third-order valence-electron chi connectivity index (χ3n) is 3.06. The van der Waals surface area contributed by atoms with E-state index in [1.165, 1.54) is 0 Å². The largest absolute Gasteiger partial charge is 0.462 e. The van der Waals surface area contributed by atoms with Gasteiger partial charge in [-0.15, -0.1) is 0 Å². The summed E-state index contributed by atoms with van der Waals surface area (Å²) in [5.74, 6) is -1.10. The quantitative estimate of drug-likeness (QED) is 0.741. The Labute approximate surface area is 140 Å². The van der Waals surface area contributed by atoms with Crippen LogP contribution in [-0.4, -0.2) is 18.5 Å². The molecule has 0 radical (unpaired) electrons. The first-order valence-electron chi connectivity index (χ1n) is 7.29. The Kier molecular flexibility index (Phi) is 6.18. The molecule has 0 fully saturated rings. The monoisotopic (exact) mass is 332 g/mol. The Bertz CT molecular complexity index is 697. The fraction of sp³-hybridized carbons (Fsp3) is 0.222. The van der Waals surface area contributed by atoms with Gasteiger partial charge in [0.2, 0.25) is 0 Å². The molecule has 0 spiro atoms. The van der Waals surface area contributed by atoms with E-state index in [2.05, 4.69) is 0 Å². The second-order valence-corrected chi connectivity index (χ2v) is 5.32. The average molecular weight is 333 g/mol. The van der Waals surface area contributed by atoms with Crippen molar-refractivity contribution in [3.63, 3.8) is 0 Å². The smallest absolute Gasteiger partial charge is 0.339 e. The molecule has 2 aromatic rings. The molecule has 0 N–H and O–H groups in total. The predicted octanol–water partition coefficient (Wildman–Crippen LogP) is 4.26. The zero-order valence-corrected chi connectivity index (χ0v) is 13.5. The molecule has 23 heavy (non-hydrogen) atoms. The van der Waals surface area contributed by atoms with Crippen LogP contribution in [0.3, 0.4) is 0 Å². The van der Waals surface area contributed by atoms with Gasteiger partial charge >= 0.3 is 11.9 Å². The topological polar surface area (TPSA) is 52.6 Å². The summed E-state index contributed by atoms with van der Waals surface area (Å²) in [6, 6.07) is 13.5. The number of carbonyl (C=O) groups is 2. The van der Waals surface area contributed by atoms with E-state index in [0.29, 0.717) is 18.1 Å². The molecule has 0 saturated heterocycles. The summed E-state index contributed by atoms with van der Waals surface area (Å²) < 4.78 is 10.3. The zero-order valence-electron chi connectivity index (χ0n) is 12.8. The number of hydrogen-bond acceptors (Lipinski definition) is 4. The van der Waals surface area contributed by atoms with Crippen molar-refractivity contribution < 1.29 is 19.1 Å². The van der Waals surface area contributed by atoms with Crippen molar-refractivity contribution in [2.24, 2.45) is 0 Å². The van der Waals surface area contributed by atoms with Crippen molar-refractivity contribution >= 4 is 23.5 Å². The number of halogens is 1. The maximum absolute atomic E-state index is 12.2. The van der Waals surface area contributed by atoms with Crippen LogP contribution in [0.2, 0.25) is 5.02 Å². The van der Waals surface area contributed by atoms with Gasteiger partial charge in [0.05, 0.1) is 17.7 Å². The Morgan fingerprint density at radius 3 is 2.22 bits per heavy atom. The lowest BCUT2D eigenvalue weighted by Gasteiger charge is -2.09. The number of carbonyl (C=O) groups excluding carboxylic acids is 2. The van der Waals surface area contributed by atoms with Crippen molar-refractivity contribution in [2.75, 3.05) is 6.61 Å². The summed E-state index contributed by atoms with van der Waals surface area (Å²) in [6.45, 7) is 2.29. The van der Waals surface area contributed by atoms with Gasteiger partial charge in [0.15, 0.2) is 0 Å². The average Bonchev–Trinajstić information content (AvgIpc) is 2.57. The van der Waals surface area contributed by atoms with Crippen LogP contribution < -0.4 is 0 Å². The SMILES string of the molecule is CCCOC(=O)c1ccccc1C(=O)OCc1cccc(Cl)c1. The molecule has 4 nitrogen and oxygen atoms in total. The molecule has 0 amide bonds. The highest BCUT2D eigenvalue weighted by atomic mass is 35.5. The summed E-state index contributed by atoms with van der Waals surface area (Å²) in [6.07, 6.45) is 0.715. The first-order valence-corrected chi connectivity index (χ1v) is 7.67. The van der Waals surface area contributed by atoms with Gasteiger partial charge in [-0.25, -0.2) is 9.59 Å².